The molecule has 4 heteroatoms. The largest absolute Gasteiger partial charge is 0.337 e. The van der Waals surface area contributed by atoms with E-state index in [9.17, 15) is 4.79 Å². The number of hydrogen-bond acceptors (Lipinski definition) is 2. The topological polar surface area (TPSA) is 20.3 Å². The highest BCUT2D eigenvalue weighted by Crippen LogP contribution is 2.32. The van der Waals surface area contributed by atoms with Crippen molar-refractivity contribution < 1.29 is 4.79 Å². The van der Waals surface area contributed by atoms with E-state index in [1.807, 2.05) is 16.3 Å². The number of nitrogens with zero attached hydrogens (tertiary/aromatic N) is 1. The lowest BCUT2D eigenvalue weighted by Gasteiger charge is -2.19. The minimum Gasteiger partial charge on any atom is -0.337 e. The zero-order valence-corrected chi connectivity index (χ0v) is 11.3. The van der Waals surface area contributed by atoms with Gasteiger partial charge in [-0.15, -0.1) is 11.3 Å². The Labute approximate surface area is 102 Å². The number of thiophene rings is 1. The summed E-state index contributed by atoms with van der Waals surface area (Å²) in [7, 11) is 0. The van der Waals surface area contributed by atoms with E-state index in [-0.39, 0.29) is 11.3 Å². The number of amides is 1. The molecule has 2 rings (SSSR count). The molecule has 1 fully saturated rings. The van der Waals surface area contributed by atoms with Crippen molar-refractivity contribution in [3.8, 4) is 0 Å². The number of carbonyl (C=O) groups excluding carboxylic acids is 1. The van der Waals surface area contributed by atoms with Gasteiger partial charge >= 0.3 is 0 Å². The Kier molecular flexibility index (Phi) is 2.90. The van der Waals surface area contributed by atoms with Gasteiger partial charge in [-0.2, -0.15) is 0 Å². The first-order chi connectivity index (χ1) is 6.99. The van der Waals surface area contributed by atoms with Crippen molar-refractivity contribution in [2.45, 2.75) is 20.3 Å². The summed E-state index contributed by atoms with van der Waals surface area (Å²) in [6.45, 7) is 6.18. The van der Waals surface area contributed by atoms with Crippen molar-refractivity contribution >= 4 is 33.2 Å². The Morgan fingerprint density at radius 3 is 2.80 bits per heavy atom. The molecule has 0 aliphatic carbocycles. The molecular formula is C11H14BrNOS. The van der Waals surface area contributed by atoms with Crippen molar-refractivity contribution in [1.82, 2.24) is 4.90 Å². The monoisotopic (exact) mass is 287 g/mol. The van der Waals surface area contributed by atoms with E-state index in [0.717, 1.165) is 28.9 Å². The van der Waals surface area contributed by atoms with E-state index < -0.39 is 0 Å². The van der Waals surface area contributed by atoms with Crippen LogP contribution in [0.4, 0.5) is 0 Å². The molecule has 0 saturated carbocycles. The highest BCUT2D eigenvalue weighted by molar-refractivity contribution is 9.10. The van der Waals surface area contributed by atoms with Gasteiger partial charge in [-0.1, -0.05) is 13.8 Å². The molecule has 1 amide bonds. The van der Waals surface area contributed by atoms with Crippen LogP contribution in [-0.2, 0) is 0 Å². The van der Waals surface area contributed by atoms with Crippen LogP contribution in [-0.4, -0.2) is 23.9 Å². The van der Waals surface area contributed by atoms with Gasteiger partial charge in [0.2, 0.25) is 0 Å². The third kappa shape index (κ3) is 2.26. The van der Waals surface area contributed by atoms with Crippen LogP contribution < -0.4 is 0 Å². The minimum absolute atomic E-state index is 0.169. The summed E-state index contributed by atoms with van der Waals surface area (Å²) in [4.78, 5) is 14.9. The van der Waals surface area contributed by atoms with Gasteiger partial charge < -0.3 is 4.90 Å². The molecule has 0 radical (unpaired) electrons. The van der Waals surface area contributed by atoms with E-state index in [1.165, 1.54) is 11.3 Å². The second-order valence-corrected chi connectivity index (χ2v) is 6.51. The van der Waals surface area contributed by atoms with Gasteiger partial charge in [-0.3, -0.25) is 4.79 Å². The molecule has 0 bridgehead atoms. The van der Waals surface area contributed by atoms with Crippen molar-refractivity contribution in [2.75, 3.05) is 13.1 Å². The Morgan fingerprint density at radius 1 is 1.60 bits per heavy atom. The molecule has 2 nitrogen and oxygen atoms in total. The smallest absolute Gasteiger partial charge is 0.265 e. The molecule has 0 aromatic carbocycles. The number of carbonyl (C=O) groups is 1. The van der Waals surface area contributed by atoms with Crippen LogP contribution in [0.2, 0.25) is 0 Å². The van der Waals surface area contributed by atoms with Gasteiger partial charge in [0.05, 0.1) is 0 Å². The van der Waals surface area contributed by atoms with Crippen LogP contribution in [0, 0.1) is 5.41 Å². The molecule has 82 valence electrons. The number of halogens is 1. The zero-order chi connectivity index (χ0) is 11.1. The average molecular weight is 288 g/mol. The highest BCUT2D eigenvalue weighted by Gasteiger charge is 2.33. The zero-order valence-electron chi connectivity index (χ0n) is 8.92. The van der Waals surface area contributed by atoms with Crippen LogP contribution in [0.15, 0.2) is 15.9 Å². The number of rotatable bonds is 1. The molecule has 0 spiro atoms. The third-order valence-corrected chi connectivity index (χ3v) is 4.60. The van der Waals surface area contributed by atoms with Crippen molar-refractivity contribution in [3.63, 3.8) is 0 Å². The van der Waals surface area contributed by atoms with E-state index >= 15 is 0 Å². The molecule has 1 aromatic heterocycles. The van der Waals surface area contributed by atoms with Crippen molar-refractivity contribution in [3.05, 3.63) is 20.8 Å². The van der Waals surface area contributed by atoms with Crippen molar-refractivity contribution in [1.29, 1.82) is 0 Å². The second kappa shape index (κ2) is 3.91. The minimum atomic E-state index is 0.169. The van der Waals surface area contributed by atoms with Crippen LogP contribution in [0.5, 0.6) is 0 Å². The molecule has 1 aromatic rings. The van der Waals surface area contributed by atoms with Gasteiger partial charge in [0, 0.05) is 17.6 Å². The maximum absolute atomic E-state index is 12.1. The summed E-state index contributed by atoms with van der Waals surface area (Å²) in [5.74, 6) is 0.169. The van der Waals surface area contributed by atoms with Crippen LogP contribution in [0.3, 0.4) is 0 Å². The first-order valence-electron chi connectivity index (χ1n) is 5.02. The lowest BCUT2D eigenvalue weighted by Crippen LogP contribution is -2.29. The summed E-state index contributed by atoms with van der Waals surface area (Å²) in [5.41, 5.74) is 0.277. The lowest BCUT2D eigenvalue weighted by molar-refractivity contribution is 0.0782. The molecule has 0 unspecified atom stereocenters. The molecule has 2 heterocycles. The number of likely N-dealkylation sites (tertiary alicyclic amines) is 1. The Bertz CT molecular complexity index is 386. The number of hydrogen-bond donors (Lipinski definition) is 0. The predicted molar refractivity (Wildman–Crippen MR) is 66.3 cm³/mol. The van der Waals surface area contributed by atoms with Gasteiger partial charge in [0.1, 0.15) is 4.88 Å². The maximum Gasteiger partial charge on any atom is 0.265 e. The summed E-state index contributed by atoms with van der Waals surface area (Å²) < 4.78 is 0.919. The molecule has 1 aliphatic heterocycles. The molecule has 0 atom stereocenters. The second-order valence-electron chi connectivity index (χ2n) is 4.74. The van der Waals surface area contributed by atoms with E-state index in [0.29, 0.717) is 0 Å². The normalized spacial score (nSPS) is 19.5. The average Bonchev–Trinajstić information content (AvgIpc) is 2.71. The summed E-state index contributed by atoms with van der Waals surface area (Å²) >= 11 is 4.91. The first-order valence-corrected chi connectivity index (χ1v) is 6.69. The summed E-state index contributed by atoms with van der Waals surface area (Å²) in [5, 5.41) is 1.94. The molecule has 15 heavy (non-hydrogen) atoms. The van der Waals surface area contributed by atoms with E-state index in [2.05, 4.69) is 29.8 Å². The maximum atomic E-state index is 12.1. The summed E-state index contributed by atoms with van der Waals surface area (Å²) in [6.07, 6.45) is 1.10. The van der Waals surface area contributed by atoms with Gasteiger partial charge in [0.25, 0.3) is 5.91 Å². The quantitative estimate of drug-likeness (QED) is 0.775. The third-order valence-electron chi connectivity index (χ3n) is 2.78. The standard InChI is InChI=1S/C11H14BrNOS/c1-11(2)4-5-13(7-11)10(14)9-8(12)3-6-15-9/h3,6H,4-5,7H2,1-2H3. The first kappa shape index (κ1) is 11.1. The fraction of sp³-hybridized carbons (Fsp3) is 0.545. The Morgan fingerprint density at radius 2 is 2.33 bits per heavy atom. The SMILES string of the molecule is CC1(C)CCN(C(=O)c2sccc2Br)C1. The highest BCUT2D eigenvalue weighted by atomic mass is 79.9. The van der Waals surface area contributed by atoms with Gasteiger partial charge in [0.15, 0.2) is 0 Å². The van der Waals surface area contributed by atoms with Gasteiger partial charge in [-0.05, 0) is 39.2 Å². The molecule has 1 aliphatic rings. The molecule has 0 N–H and O–H groups in total. The van der Waals surface area contributed by atoms with Crippen LogP contribution in [0.25, 0.3) is 0 Å². The summed E-state index contributed by atoms with van der Waals surface area (Å²) in [6, 6.07) is 1.93. The Balaban J connectivity index is 2.14. The van der Waals surface area contributed by atoms with E-state index in [4.69, 9.17) is 0 Å². The lowest BCUT2D eigenvalue weighted by atomic mass is 9.93. The fourth-order valence-electron chi connectivity index (χ4n) is 1.88. The van der Waals surface area contributed by atoms with Crippen molar-refractivity contribution in [2.24, 2.45) is 5.41 Å². The van der Waals surface area contributed by atoms with Crippen LogP contribution in [0.1, 0.15) is 29.9 Å². The molecule has 1 saturated heterocycles. The van der Waals surface area contributed by atoms with Crippen LogP contribution >= 0.6 is 27.3 Å². The molecular weight excluding hydrogens is 274 g/mol. The predicted octanol–water partition coefficient (Wildman–Crippen LogP) is 3.38. The fourth-order valence-corrected chi connectivity index (χ4v) is 3.38. The van der Waals surface area contributed by atoms with E-state index in [1.54, 1.807) is 0 Å². The van der Waals surface area contributed by atoms with Gasteiger partial charge in [-0.25, -0.2) is 0 Å². The Hall–Kier alpha value is -0.350.